The Kier molecular flexibility index (Phi) is 4.75. The average molecular weight is 290 g/mol. The summed E-state index contributed by atoms with van der Waals surface area (Å²) in [6.07, 6.45) is 4.56. The number of hydrogen-bond acceptors (Lipinski definition) is 3. The molecule has 0 saturated carbocycles. The van der Waals surface area contributed by atoms with Gasteiger partial charge in [-0.15, -0.1) is 0 Å². The normalized spacial score (nSPS) is 14.4. The van der Waals surface area contributed by atoms with Gasteiger partial charge in [-0.25, -0.2) is 4.39 Å². The van der Waals surface area contributed by atoms with Crippen molar-refractivity contribution in [3.63, 3.8) is 0 Å². The average Bonchev–Trinajstić information content (AvgIpc) is 2.84. The van der Waals surface area contributed by atoms with Crippen molar-refractivity contribution in [2.45, 2.75) is 25.4 Å². The Hall–Kier alpha value is -1.72. The molecule has 1 aromatic heterocycles. The van der Waals surface area contributed by atoms with Gasteiger partial charge in [0.05, 0.1) is 6.20 Å². The molecule has 4 nitrogen and oxygen atoms in total. The molecule has 1 aromatic carbocycles. The van der Waals surface area contributed by atoms with Gasteiger partial charge < -0.3 is 5.73 Å². The van der Waals surface area contributed by atoms with Gasteiger partial charge in [0.15, 0.2) is 0 Å². The first kappa shape index (κ1) is 15.7. The van der Waals surface area contributed by atoms with Crippen molar-refractivity contribution in [3.8, 4) is 0 Å². The van der Waals surface area contributed by atoms with Crippen molar-refractivity contribution in [1.29, 1.82) is 0 Å². The van der Waals surface area contributed by atoms with E-state index in [2.05, 4.69) is 16.9 Å². The highest BCUT2D eigenvalue weighted by Gasteiger charge is 2.28. The lowest BCUT2D eigenvalue weighted by Crippen LogP contribution is -2.50. The summed E-state index contributed by atoms with van der Waals surface area (Å²) in [6.45, 7) is 3.37. The highest BCUT2D eigenvalue weighted by atomic mass is 19.1. The van der Waals surface area contributed by atoms with Gasteiger partial charge in [0, 0.05) is 37.4 Å². The lowest BCUT2D eigenvalue weighted by molar-refractivity contribution is 0.136. The number of hydrogen-bond donors (Lipinski definition) is 1. The standard InChI is InChI=1S/C16H23FN4/c1-16(12-18,8-13-5-4-6-15(17)7-13)20(2)10-14-9-19-21(3)11-14/h4-7,9,11H,8,10,12,18H2,1-3H3. The number of aryl methyl sites for hydroxylation is 1. The van der Waals surface area contributed by atoms with Crippen LogP contribution in [0.25, 0.3) is 0 Å². The first-order valence-corrected chi connectivity index (χ1v) is 7.06. The Morgan fingerprint density at radius 1 is 1.38 bits per heavy atom. The predicted molar refractivity (Wildman–Crippen MR) is 82.2 cm³/mol. The molecule has 0 bridgehead atoms. The highest BCUT2D eigenvalue weighted by Crippen LogP contribution is 2.21. The molecule has 1 atom stereocenters. The van der Waals surface area contributed by atoms with Gasteiger partial charge >= 0.3 is 0 Å². The van der Waals surface area contributed by atoms with Crippen LogP contribution < -0.4 is 5.73 Å². The molecule has 0 spiro atoms. The fourth-order valence-corrected chi connectivity index (χ4v) is 2.47. The van der Waals surface area contributed by atoms with Crippen LogP contribution >= 0.6 is 0 Å². The van der Waals surface area contributed by atoms with Gasteiger partial charge in [-0.2, -0.15) is 5.10 Å². The number of halogens is 1. The molecule has 2 aromatic rings. The quantitative estimate of drug-likeness (QED) is 0.884. The van der Waals surface area contributed by atoms with Crippen LogP contribution in [0.4, 0.5) is 4.39 Å². The molecule has 0 amide bonds. The van der Waals surface area contributed by atoms with Crippen molar-refractivity contribution in [2.24, 2.45) is 12.8 Å². The lowest BCUT2D eigenvalue weighted by Gasteiger charge is -2.38. The first-order valence-electron chi connectivity index (χ1n) is 7.06. The Morgan fingerprint density at radius 2 is 2.14 bits per heavy atom. The van der Waals surface area contributed by atoms with E-state index in [0.717, 1.165) is 17.7 Å². The molecule has 0 fully saturated rings. The molecule has 0 aliphatic carbocycles. The second-order valence-corrected chi connectivity index (χ2v) is 5.89. The molecule has 0 radical (unpaired) electrons. The summed E-state index contributed by atoms with van der Waals surface area (Å²) < 4.78 is 15.1. The molecule has 0 aliphatic heterocycles. The van der Waals surface area contributed by atoms with E-state index in [4.69, 9.17) is 5.73 Å². The molecular formula is C16H23FN4. The summed E-state index contributed by atoms with van der Waals surface area (Å²) in [5, 5.41) is 4.18. The minimum absolute atomic E-state index is 0.207. The Balaban J connectivity index is 2.11. The van der Waals surface area contributed by atoms with Gasteiger partial charge in [0.2, 0.25) is 0 Å². The van der Waals surface area contributed by atoms with Crippen molar-refractivity contribution >= 4 is 0 Å². The summed E-state index contributed by atoms with van der Waals surface area (Å²) in [5.74, 6) is -0.207. The number of rotatable bonds is 6. The maximum absolute atomic E-state index is 13.3. The van der Waals surface area contributed by atoms with E-state index in [1.54, 1.807) is 16.8 Å². The smallest absolute Gasteiger partial charge is 0.123 e. The number of likely N-dealkylation sites (N-methyl/N-ethyl adjacent to an activating group) is 1. The van der Waals surface area contributed by atoms with Gasteiger partial charge in [0.25, 0.3) is 0 Å². The number of nitrogens with zero attached hydrogens (tertiary/aromatic N) is 3. The molecule has 1 unspecified atom stereocenters. The zero-order valence-electron chi connectivity index (χ0n) is 12.9. The summed E-state index contributed by atoms with van der Waals surface area (Å²) in [5.41, 5.74) is 7.86. The van der Waals surface area contributed by atoms with E-state index in [1.165, 1.54) is 6.07 Å². The van der Waals surface area contributed by atoms with E-state index in [0.29, 0.717) is 13.0 Å². The molecule has 1 heterocycles. The van der Waals surface area contributed by atoms with Crippen LogP contribution in [0.2, 0.25) is 0 Å². The number of nitrogens with two attached hydrogens (primary N) is 1. The molecule has 114 valence electrons. The van der Waals surface area contributed by atoms with Gasteiger partial charge in [0.1, 0.15) is 5.82 Å². The van der Waals surface area contributed by atoms with Crippen molar-refractivity contribution < 1.29 is 4.39 Å². The van der Waals surface area contributed by atoms with Crippen LogP contribution in [0.5, 0.6) is 0 Å². The minimum Gasteiger partial charge on any atom is -0.329 e. The predicted octanol–water partition coefficient (Wildman–Crippen LogP) is 1.95. The Bertz CT molecular complexity index is 595. The van der Waals surface area contributed by atoms with Crippen LogP contribution in [0.1, 0.15) is 18.1 Å². The molecule has 5 heteroatoms. The number of aromatic nitrogens is 2. The molecule has 0 aliphatic rings. The fourth-order valence-electron chi connectivity index (χ4n) is 2.47. The Morgan fingerprint density at radius 3 is 2.71 bits per heavy atom. The summed E-state index contributed by atoms with van der Waals surface area (Å²) >= 11 is 0. The van der Waals surface area contributed by atoms with E-state index >= 15 is 0 Å². The zero-order chi connectivity index (χ0) is 15.5. The maximum atomic E-state index is 13.3. The molecule has 0 saturated heterocycles. The van der Waals surface area contributed by atoms with Gasteiger partial charge in [-0.05, 0) is 38.1 Å². The van der Waals surface area contributed by atoms with Gasteiger partial charge in [-0.3, -0.25) is 9.58 Å². The second-order valence-electron chi connectivity index (χ2n) is 5.89. The number of benzene rings is 1. The van der Waals surface area contributed by atoms with Crippen LogP contribution in [0.15, 0.2) is 36.7 Å². The van der Waals surface area contributed by atoms with Crippen molar-refractivity contribution in [2.75, 3.05) is 13.6 Å². The van der Waals surface area contributed by atoms with Crippen LogP contribution in [0.3, 0.4) is 0 Å². The monoisotopic (exact) mass is 290 g/mol. The van der Waals surface area contributed by atoms with Gasteiger partial charge in [-0.1, -0.05) is 12.1 Å². The van der Waals surface area contributed by atoms with E-state index < -0.39 is 0 Å². The SMILES string of the molecule is CN(Cc1cnn(C)c1)C(C)(CN)Cc1cccc(F)c1. The molecule has 2 N–H and O–H groups in total. The van der Waals surface area contributed by atoms with E-state index in [1.807, 2.05) is 32.6 Å². The topological polar surface area (TPSA) is 47.1 Å². The summed E-state index contributed by atoms with van der Waals surface area (Å²) in [7, 11) is 3.94. The lowest BCUT2D eigenvalue weighted by atomic mass is 9.91. The highest BCUT2D eigenvalue weighted by molar-refractivity contribution is 5.19. The summed E-state index contributed by atoms with van der Waals surface area (Å²) in [6, 6.07) is 6.71. The first-order chi connectivity index (χ1) is 9.93. The summed E-state index contributed by atoms with van der Waals surface area (Å²) in [4.78, 5) is 2.20. The third-order valence-electron chi connectivity index (χ3n) is 4.01. The van der Waals surface area contributed by atoms with E-state index in [-0.39, 0.29) is 11.4 Å². The Labute approximate surface area is 125 Å². The van der Waals surface area contributed by atoms with E-state index in [9.17, 15) is 4.39 Å². The van der Waals surface area contributed by atoms with Crippen LogP contribution in [0, 0.1) is 5.82 Å². The van der Waals surface area contributed by atoms with Crippen LogP contribution in [-0.4, -0.2) is 33.8 Å². The molecule has 21 heavy (non-hydrogen) atoms. The zero-order valence-corrected chi connectivity index (χ0v) is 12.9. The third kappa shape index (κ3) is 3.89. The third-order valence-corrected chi connectivity index (χ3v) is 4.01. The second kappa shape index (κ2) is 6.37. The van der Waals surface area contributed by atoms with Crippen molar-refractivity contribution in [3.05, 3.63) is 53.6 Å². The van der Waals surface area contributed by atoms with Crippen molar-refractivity contribution in [1.82, 2.24) is 14.7 Å². The molecular weight excluding hydrogens is 267 g/mol. The minimum atomic E-state index is -0.233. The largest absolute Gasteiger partial charge is 0.329 e. The molecule has 2 rings (SSSR count). The maximum Gasteiger partial charge on any atom is 0.123 e. The van der Waals surface area contributed by atoms with Crippen LogP contribution in [-0.2, 0) is 20.0 Å². The fraction of sp³-hybridized carbons (Fsp3) is 0.438.